The highest BCUT2D eigenvalue weighted by Gasteiger charge is 2.17. The molecule has 1 aromatic carbocycles. The molecule has 0 saturated heterocycles. The number of benzene rings is 1. The number of amides is 1. The number of hydrogen-bond acceptors (Lipinski definition) is 5. The quantitative estimate of drug-likeness (QED) is 0.891. The number of carbonyl (C=O) groups excluding carboxylic acids is 1. The number of nitrogens with one attached hydrogen (secondary N) is 1. The molecule has 0 aliphatic carbocycles. The zero-order chi connectivity index (χ0) is 17.0. The lowest BCUT2D eigenvalue weighted by Gasteiger charge is -2.19. The molecular formula is C14H22N2O5S. The van der Waals surface area contributed by atoms with E-state index in [1.165, 1.54) is 26.2 Å². The summed E-state index contributed by atoms with van der Waals surface area (Å²) in [5.41, 5.74) is 0.239. The standard InChI is InChI=1S/C14H22N2O5S/c1-14(2,3)20-13(17)15-10-11-6-8-12(9-7-11)21-22(18,19)16(4)5/h6-9H,10H2,1-5H3,(H,15,17). The summed E-state index contributed by atoms with van der Waals surface area (Å²) in [6.45, 7) is 5.62. The Balaban J connectivity index is 2.58. The van der Waals surface area contributed by atoms with Crippen LogP contribution in [0.3, 0.4) is 0 Å². The first-order valence-corrected chi connectivity index (χ1v) is 8.04. The minimum atomic E-state index is -3.77. The largest absolute Gasteiger partial charge is 0.444 e. The van der Waals surface area contributed by atoms with Gasteiger partial charge in [-0.15, -0.1) is 0 Å². The molecule has 7 nitrogen and oxygen atoms in total. The van der Waals surface area contributed by atoms with Gasteiger partial charge in [-0.3, -0.25) is 0 Å². The highest BCUT2D eigenvalue weighted by molar-refractivity contribution is 7.84. The van der Waals surface area contributed by atoms with Gasteiger partial charge in [0.05, 0.1) is 0 Å². The van der Waals surface area contributed by atoms with Gasteiger partial charge in [0.1, 0.15) is 11.4 Å². The van der Waals surface area contributed by atoms with Crippen molar-refractivity contribution in [2.24, 2.45) is 0 Å². The monoisotopic (exact) mass is 330 g/mol. The van der Waals surface area contributed by atoms with E-state index in [9.17, 15) is 13.2 Å². The summed E-state index contributed by atoms with van der Waals surface area (Å²) in [5, 5.41) is 2.61. The lowest BCUT2D eigenvalue weighted by molar-refractivity contribution is 0.0523. The molecule has 1 rings (SSSR count). The van der Waals surface area contributed by atoms with Crippen LogP contribution in [0.25, 0.3) is 0 Å². The molecule has 0 heterocycles. The maximum Gasteiger partial charge on any atom is 0.407 e. The number of carbonyl (C=O) groups is 1. The van der Waals surface area contributed by atoms with Crippen LogP contribution >= 0.6 is 0 Å². The van der Waals surface area contributed by atoms with Gasteiger partial charge in [0.2, 0.25) is 0 Å². The molecule has 0 aliphatic rings. The first kappa shape index (κ1) is 18.2. The van der Waals surface area contributed by atoms with Crippen LogP contribution in [0.1, 0.15) is 26.3 Å². The minimum Gasteiger partial charge on any atom is -0.444 e. The summed E-state index contributed by atoms with van der Waals surface area (Å²) in [7, 11) is -1.000. The Bertz CT molecular complexity index is 603. The van der Waals surface area contributed by atoms with E-state index in [4.69, 9.17) is 8.92 Å². The average Bonchev–Trinajstić information content (AvgIpc) is 2.35. The Morgan fingerprint density at radius 3 is 2.18 bits per heavy atom. The molecule has 124 valence electrons. The molecule has 0 bridgehead atoms. The second kappa shape index (κ2) is 6.97. The maximum absolute atomic E-state index is 11.6. The van der Waals surface area contributed by atoms with Crippen LogP contribution in [0.2, 0.25) is 0 Å². The fourth-order valence-electron chi connectivity index (χ4n) is 1.35. The van der Waals surface area contributed by atoms with Crippen LogP contribution in [0.4, 0.5) is 4.79 Å². The molecule has 1 amide bonds. The summed E-state index contributed by atoms with van der Waals surface area (Å²) in [6, 6.07) is 6.37. The van der Waals surface area contributed by atoms with Crippen molar-refractivity contribution in [2.45, 2.75) is 32.9 Å². The highest BCUT2D eigenvalue weighted by Crippen LogP contribution is 2.15. The predicted molar refractivity (Wildman–Crippen MR) is 82.8 cm³/mol. The van der Waals surface area contributed by atoms with Gasteiger partial charge < -0.3 is 14.2 Å². The number of ether oxygens (including phenoxy) is 1. The molecule has 0 spiro atoms. The Morgan fingerprint density at radius 1 is 1.18 bits per heavy atom. The first-order chi connectivity index (χ1) is 9.99. The zero-order valence-corrected chi connectivity index (χ0v) is 14.2. The van der Waals surface area contributed by atoms with E-state index in [0.717, 1.165) is 9.87 Å². The van der Waals surface area contributed by atoms with E-state index in [2.05, 4.69) is 5.32 Å². The Labute approximate surface area is 131 Å². The number of nitrogens with zero attached hydrogens (tertiary/aromatic N) is 1. The highest BCUT2D eigenvalue weighted by atomic mass is 32.2. The second-order valence-electron chi connectivity index (χ2n) is 5.82. The van der Waals surface area contributed by atoms with Gasteiger partial charge in [0.15, 0.2) is 0 Å². The molecule has 0 aromatic heterocycles. The van der Waals surface area contributed by atoms with Gasteiger partial charge >= 0.3 is 16.4 Å². The van der Waals surface area contributed by atoms with Crippen LogP contribution < -0.4 is 9.50 Å². The van der Waals surface area contributed by atoms with Crippen molar-refractivity contribution in [3.8, 4) is 5.75 Å². The van der Waals surface area contributed by atoms with Crippen molar-refractivity contribution in [1.29, 1.82) is 0 Å². The summed E-state index contributed by atoms with van der Waals surface area (Å²) < 4.78 is 34.1. The van der Waals surface area contributed by atoms with Crippen molar-refractivity contribution >= 4 is 16.4 Å². The van der Waals surface area contributed by atoms with Crippen molar-refractivity contribution in [1.82, 2.24) is 9.62 Å². The van der Waals surface area contributed by atoms with E-state index in [0.29, 0.717) is 0 Å². The minimum absolute atomic E-state index is 0.203. The van der Waals surface area contributed by atoms with Gasteiger partial charge in [-0.05, 0) is 38.5 Å². The molecule has 0 fully saturated rings. The molecule has 1 N–H and O–H groups in total. The number of rotatable bonds is 5. The van der Waals surface area contributed by atoms with Gasteiger partial charge in [-0.1, -0.05) is 12.1 Å². The SMILES string of the molecule is CN(C)S(=O)(=O)Oc1ccc(CNC(=O)OC(C)(C)C)cc1. The third kappa shape index (κ3) is 6.31. The topological polar surface area (TPSA) is 84.9 Å². The molecule has 1 aromatic rings. The maximum atomic E-state index is 11.6. The second-order valence-corrected chi connectivity index (χ2v) is 7.58. The molecule has 22 heavy (non-hydrogen) atoms. The predicted octanol–water partition coefficient (Wildman–Crippen LogP) is 1.90. The number of alkyl carbamates (subject to hydrolysis) is 1. The van der Waals surface area contributed by atoms with Crippen LogP contribution in [-0.4, -0.2) is 38.5 Å². The molecule has 0 atom stereocenters. The lowest BCUT2D eigenvalue weighted by Crippen LogP contribution is -2.32. The van der Waals surface area contributed by atoms with Gasteiger partial charge in [-0.2, -0.15) is 12.7 Å². The molecule has 0 radical (unpaired) electrons. The Hall–Kier alpha value is -1.80. The van der Waals surface area contributed by atoms with Crippen molar-refractivity contribution in [3.63, 3.8) is 0 Å². The summed E-state index contributed by atoms with van der Waals surface area (Å²) >= 11 is 0. The van der Waals surface area contributed by atoms with Gasteiger partial charge in [0.25, 0.3) is 0 Å². The van der Waals surface area contributed by atoms with Gasteiger partial charge in [0, 0.05) is 20.6 Å². The number of hydrogen-bond donors (Lipinski definition) is 1. The third-order valence-electron chi connectivity index (χ3n) is 2.41. The molecule has 0 unspecified atom stereocenters. The van der Waals surface area contributed by atoms with Crippen LogP contribution in [0.5, 0.6) is 5.75 Å². The zero-order valence-electron chi connectivity index (χ0n) is 13.4. The lowest BCUT2D eigenvalue weighted by atomic mass is 10.2. The molecular weight excluding hydrogens is 308 g/mol. The third-order valence-corrected chi connectivity index (χ3v) is 3.71. The molecule has 8 heteroatoms. The summed E-state index contributed by atoms with van der Waals surface area (Å²) in [6.07, 6.45) is -0.511. The first-order valence-electron chi connectivity index (χ1n) is 6.67. The molecule has 0 aliphatic heterocycles. The summed E-state index contributed by atoms with van der Waals surface area (Å²) in [5.74, 6) is 0.203. The van der Waals surface area contributed by atoms with Crippen LogP contribution in [0, 0.1) is 0 Å². The average molecular weight is 330 g/mol. The van der Waals surface area contributed by atoms with E-state index >= 15 is 0 Å². The van der Waals surface area contributed by atoms with Crippen LogP contribution in [-0.2, 0) is 21.6 Å². The van der Waals surface area contributed by atoms with E-state index in [-0.39, 0.29) is 12.3 Å². The Morgan fingerprint density at radius 2 is 1.73 bits per heavy atom. The van der Waals surface area contributed by atoms with E-state index in [1.807, 2.05) is 0 Å². The van der Waals surface area contributed by atoms with E-state index < -0.39 is 22.0 Å². The fraction of sp³-hybridized carbons (Fsp3) is 0.500. The van der Waals surface area contributed by atoms with Crippen LogP contribution in [0.15, 0.2) is 24.3 Å². The van der Waals surface area contributed by atoms with E-state index in [1.54, 1.807) is 32.9 Å². The smallest absolute Gasteiger partial charge is 0.407 e. The van der Waals surface area contributed by atoms with Crippen molar-refractivity contribution in [3.05, 3.63) is 29.8 Å². The van der Waals surface area contributed by atoms with Crippen molar-refractivity contribution < 1.29 is 22.1 Å². The van der Waals surface area contributed by atoms with Crippen molar-refractivity contribution in [2.75, 3.05) is 14.1 Å². The Kier molecular flexibility index (Phi) is 5.78. The molecule has 0 saturated carbocycles. The fourth-order valence-corrected chi connectivity index (χ4v) is 1.85. The normalized spacial score (nSPS) is 12.1. The summed E-state index contributed by atoms with van der Waals surface area (Å²) in [4.78, 5) is 11.5. The van der Waals surface area contributed by atoms with Gasteiger partial charge in [-0.25, -0.2) is 4.79 Å².